The van der Waals surface area contributed by atoms with Crippen LogP contribution in [0, 0.1) is 0 Å². The van der Waals surface area contributed by atoms with Crippen LogP contribution in [-0.2, 0) is 34.9 Å². The molecule has 1 aliphatic rings. The van der Waals surface area contributed by atoms with Crippen molar-refractivity contribution in [2.24, 2.45) is 7.05 Å². The van der Waals surface area contributed by atoms with Crippen molar-refractivity contribution in [2.45, 2.75) is 31.0 Å². The minimum atomic E-state index is -3.62. The van der Waals surface area contributed by atoms with Gasteiger partial charge in [0.05, 0.1) is 18.6 Å². The molecular formula is C14H21N5O3S. The monoisotopic (exact) mass is 339 g/mol. The molecule has 0 fully saturated rings. The summed E-state index contributed by atoms with van der Waals surface area (Å²) in [7, 11) is -0.261. The fourth-order valence-electron chi connectivity index (χ4n) is 2.86. The Morgan fingerprint density at radius 2 is 2.17 bits per heavy atom. The smallest absolute Gasteiger partial charge is 0.262 e. The Morgan fingerprint density at radius 3 is 2.78 bits per heavy atom. The maximum absolute atomic E-state index is 12.8. The lowest BCUT2D eigenvalue weighted by molar-refractivity contribution is 0.161. The van der Waals surface area contributed by atoms with E-state index in [0.717, 1.165) is 17.8 Å². The maximum Gasteiger partial charge on any atom is 0.262 e. The molecule has 2 aromatic heterocycles. The van der Waals surface area contributed by atoms with Crippen LogP contribution in [0.2, 0.25) is 0 Å². The Labute approximate surface area is 135 Å². The van der Waals surface area contributed by atoms with E-state index in [1.54, 1.807) is 18.7 Å². The van der Waals surface area contributed by atoms with Crippen LogP contribution >= 0.6 is 0 Å². The van der Waals surface area contributed by atoms with E-state index in [-0.39, 0.29) is 10.9 Å². The molecular weight excluding hydrogens is 318 g/mol. The molecule has 9 heteroatoms. The van der Waals surface area contributed by atoms with E-state index >= 15 is 0 Å². The second-order valence-corrected chi connectivity index (χ2v) is 7.61. The van der Waals surface area contributed by atoms with Gasteiger partial charge in [-0.05, 0) is 6.92 Å². The van der Waals surface area contributed by atoms with Crippen molar-refractivity contribution in [3.05, 3.63) is 30.0 Å². The highest BCUT2D eigenvalue weighted by Crippen LogP contribution is 2.30. The van der Waals surface area contributed by atoms with Crippen LogP contribution in [0.25, 0.3) is 0 Å². The van der Waals surface area contributed by atoms with Gasteiger partial charge in [-0.1, -0.05) is 0 Å². The molecule has 0 saturated heterocycles. The molecule has 2 aromatic rings. The molecule has 126 valence electrons. The van der Waals surface area contributed by atoms with E-state index in [2.05, 4.69) is 10.1 Å². The fraction of sp³-hybridized carbons (Fsp3) is 0.571. The minimum absolute atomic E-state index is 0.0718. The number of ether oxygens (including phenoxy) is 1. The Morgan fingerprint density at radius 1 is 1.39 bits per heavy atom. The van der Waals surface area contributed by atoms with E-state index in [1.807, 2.05) is 17.8 Å². The van der Waals surface area contributed by atoms with Crippen LogP contribution in [0.5, 0.6) is 0 Å². The lowest BCUT2D eigenvalue weighted by Gasteiger charge is -2.30. The largest absolute Gasteiger partial charge is 0.384 e. The summed E-state index contributed by atoms with van der Waals surface area (Å²) in [5, 5.41) is 4.63. The number of hydrogen-bond acceptors (Lipinski definition) is 5. The zero-order chi connectivity index (χ0) is 16.6. The van der Waals surface area contributed by atoms with Crippen LogP contribution in [0.15, 0.2) is 23.7 Å². The zero-order valence-electron chi connectivity index (χ0n) is 13.5. The molecule has 0 amide bonds. The summed E-state index contributed by atoms with van der Waals surface area (Å²) in [6.45, 7) is 3.85. The Hall–Kier alpha value is -1.71. The molecule has 8 nitrogen and oxygen atoms in total. The van der Waals surface area contributed by atoms with Gasteiger partial charge < -0.3 is 9.30 Å². The summed E-state index contributed by atoms with van der Waals surface area (Å²) in [6, 6.07) is 0. The number of fused-ring (bicyclic) bond motifs is 1. The van der Waals surface area contributed by atoms with E-state index in [1.165, 1.54) is 16.8 Å². The van der Waals surface area contributed by atoms with E-state index in [0.29, 0.717) is 19.7 Å². The minimum Gasteiger partial charge on any atom is -0.384 e. The Bertz CT molecular complexity index is 795. The summed E-state index contributed by atoms with van der Waals surface area (Å²) < 4.78 is 35.8. The van der Waals surface area contributed by atoms with E-state index < -0.39 is 10.0 Å². The van der Waals surface area contributed by atoms with Gasteiger partial charge in [-0.2, -0.15) is 9.40 Å². The van der Waals surface area contributed by atoms with Gasteiger partial charge in [0.2, 0.25) is 0 Å². The molecule has 23 heavy (non-hydrogen) atoms. The lowest BCUT2D eigenvalue weighted by atomic mass is 9.99. The lowest BCUT2D eigenvalue weighted by Crippen LogP contribution is -2.39. The van der Waals surface area contributed by atoms with Gasteiger partial charge in [0.1, 0.15) is 0 Å². The predicted octanol–water partition coefficient (Wildman–Crippen LogP) is 0.571. The molecule has 0 aromatic carbocycles. The number of hydrogen-bond donors (Lipinski definition) is 0. The van der Waals surface area contributed by atoms with E-state index in [4.69, 9.17) is 4.74 Å². The highest BCUT2D eigenvalue weighted by Gasteiger charge is 2.36. The zero-order valence-corrected chi connectivity index (χ0v) is 14.3. The number of aryl methyl sites for hydroxylation is 2. The van der Waals surface area contributed by atoms with Gasteiger partial charge >= 0.3 is 0 Å². The second kappa shape index (κ2) is 6.06. The number of aromatic nitrogens is 4. The molecule has 3 heterocycles. The van der Waals surface area contributed by atoms with Crippen molar-refractivity contribution in [3.8, 4) is 0 Å². The third kappa shape index (κ3) is 2.91. The second-order valence-electron chi connectivity index (χ2n) is 5.72. The first-order valence-electron chi connectivity index (χ1n) is 7.49. The van der Waals surface area contributed by atoms with Crippen molar-refractivity contribution >= 4 is 10.0 Å². The van der Waals surface area contributed by atoms with Gasteiger partial charge in [0, 0.05) is 57.7 Å². The summed E-state index contributed by atoms with van der Waals surface area (Å²) in [4.78, 5) is 3.99. The average Bonchev–Trinajstić information content (AvgIpc) is 3.13. The number of sulfonamides is 1. The third-order valence-electron chi connectivity index (χ3n) is 4.00. The molecule has 1 aliphatic heterocycles. The quantitative estimate of drug-likeness (QED) is 0.795. The van der Waals surface area contributed by atoms with Crippen molar-refractivity contribution in [3.63, 3.8) is 0 Å². The van der Waals surface area contributed by atoms with Crippen LogP contribution < -0.4 is 0 Å². The topological polar surface area (TPSA) is 82.3 Å². The number of imidazole rings is 1. The van der Waals surface area contributed by atoms with Crippen LogP contribution in [0.1, 0.15) is 24.1 Å². The normalized spacial score (nSPS) is 19.0. The van der Waals surface area contributed by atoms with Crippen LogP contribution in [0.3, 0.4) is 0 Å². The fourth-order valence-corrected chi connectivity index (χ4v) is 4.29. The molecule has 0 bridgehead atoms. The summed E-state index contributed by atoms with van der Waals surface area (Å²) in [5.74, 6) is -0.0740. The molecule has 0 spiro atoms. The van der Waals surface area contributed by atoms with Crippen molar-refractivity contribution < 1.29 is 13.2 Å². The molecule has 0 unspecified atom stereocenters. The molecule has 0 N–H and O–H groups in total. The highest BCUT2D eigenvalue weighted by atomic mass is 32.2. The van der Waals surface area contributed by atoms with Gasteiger partial charge in [0.25, 0.3) is 10.0 Å². The van der Waals surface area contributed by atoms with Crippen molar-refractivity contribution in [2.75, 3.05) is 20.3 Å². The summed E-state index contributed by atoms with van der Waals surface area (Å²) in [5.41, 5.74) is 1.86. The van der Waals surface area contributed by atoms with Gasteiger partial charge in [-0.15, -0.1) is 0 Å². The first-order valence-corrected chi connectivity index (χ1v) is 8.93. The van der Waals surface area contributed by atoms with Gasteiger partial charge in [-0.25, -0.2) is 13.4 Å². The van der Waals surface area contributed by atoms with Crippen molar-refractivity contribution in [1.29, 1.82) is 0 Å². The highest BCUT2D eigenvalue weighted by molar-refractivity contribution is 7.89. The molecule has 1 atom stereocenters. The summed E-state index contributed by atoms with van der Waals surface area (Å²) in [6.07, 6.45) is 4.92. The maximum atomic E-state index is 12.8. The first kappa shape index (κ1) is 16.2. The van der Waals surface area contributed by atoms with Crippen LogP contribution in [0.4, 0.5) is 0 Å². The van der Waals surface area contributed by atoms with E-state index in [9.17, 15) is 8.42 Å². The predicted molar refractivity (Wildman–Crippen MR) is 83.3 cm³/mol. The molecule has 3 rings (SSSR count). The molecule has 0 radical (unpaired) electrons. The first-order chi connectivity index (χ1) is 11.0. The number of rotatable bonds is 5. The van der Waals surface area contributed by atoms with Gasteiger partial charge in [0.15, 0.2) is 5.03 Å². The average molecular weight is 339 g/mol. The number of methoxy groups -OCH3 is 1. The standard InChI is InChI=1S/C14H21N5O3S/c1-4-18-5-11-6-19(7-12(9-22-3)14(11)16-18)23(20,21)13-8-17(2)10-15-13/h5,8,10,12H,4,6-7,9H2,1-3H3/t12-/m1/s1. The SMILES string of the molecule is CCn1cc2c(n1)[C@@H](COC)CN(S(=O)(=O)c1cn(C)cn1)C2. The molecule has 0 saturated carbocycles. The van der Waals surface area contributed by atoms with Crippen LogP contribution in [-0.4, -0.2) is 52.3 Å². The number of nitrogens with zero attached hydrogens (tertiary/aromatic N) is 5. The third-order valence-corrected chi connectivity index (χ3v) is 5.70. The Balaban J connectivity index is 1.96. The molecule has 0 aliphatic carbocycles. The van der Waals surface area contributed by atoms with Crippen molar-refractivity contribution in [1.82, 2.24) is 23.6 Å². The summed E-state index contributed by atoms with van der Waals surface area (Å²) >= 11 is 0. The Kier molecular flexibility index (Phi) is 4.26. The van der Waals surface area contributed by atoms with Gasteiger partial charge in [-0.3, -0.25) is 4.68 Å².